The minimum Gasteiger partial charge on any atom is -0.316 e. The van der Waals surface area contributed by atoms with Crippen LogP contribution in [0.25, 0.3) is 0 Å². The van der Waals surface area contributed by atoms with E-state index in [1.54, 1.807) is 12.1 Å². The van der Waals surface area contributed by atoms with E-state index in [-0.39, 0.29) is 17.5 Å². The maximum atomic E-state index is 13.9. The van der Waals surface area contributed by atoms with Crippen LogP contribution in [0.3, 0.4) is 0 Å². The van der Waals surface area contributed by atoms with Crippen LogP contribution in [0.4, 0.5) is 26.3 Å². The van der Waals surface area contributed by atoms with Crippen molar-refractivity contribution < 1.29 is 31.1 Å². The van der Waals surface area contributed by atoms with Crippen LogP contribution in [-0.2, 0) is 29.9 Å². The third kappa shape index (κ3) is 4.98. The monoisotopic (exact) mass is 362 g/mol. The second-order valence-electron chi connectivity index (χ2n) is 5.48. The molecule has 0 saturated heterocycles. The topological polar surface area (TPSA) is 9.23 Å². The molecule has 0 fully saturated rings. The Kier molecular flexibility index (Phi) is 5.77. The van der Waals surface area contributed by atoms with Gasteiger partial charge in [0, 0.05) is 0 Å². The molecule has 0 aliphatic carbocycles. The minimum atomic E-state index is -4.79. The fourth-order valence-electron chi connectivity index (χ4n) is 2.26. The fraction of sp³-hybridized carbons (Fsp3) is 0.333. The van der Waals surface area contributed by atoms with Crippen molar-refractivity contribution in [2.75, 3.05) is 6.61 Å². The van der Waals surface area contributed by atoms with Crippen LogP contribution in [0.15, 0.2) is 42.5 Å². The van der Waals surface area contributed by atoms with E-state index in [1.807, 2.05) is 6.92 Å². The average Bonchev–Trinajstić information content (AvgIpc) is 2.53. The molecule has 2 aromatic carbocycles. The van der Waals surface area contributed by atoms with Crippen LogP contribution >= 0.6 is 0 Å². The fourth-order valence-corrected chi connectivity index (χ4v) is 2.26. The van der Waals surface area contributed by atoms with E-state index >= 15 is 0 Å². The van der Waals surface area contributed by atoms with Gasteiger partial charge in [-0.2, -0.15) is 22.0 Å². The van der Waals surface area contributed by atoms with Gasteiger partial charge in [0.15, 0.2) is 0 Å². The summed E-state index contributed by atoms with van der Waals surface area (Å²) >= 11 is 0. The highest BCUT2D eigenvalue weighted by atomic mass is 19.4. The first-order valence-corrected chi connectivity index (χ1v) is 7.60. The number of hydrogen-bond donors (Lipinski definition) is 0. The number of hydrogen-bond acceptors (Lipinski definition) is 1. The number of rotatable bonds is 6. The van der Waals surface area contributed by atoms with Crippen molar-refractivity contribution in [2.24, 2.45) is 0 Å². The van der Waals surface area contributed by atoms with Crippen molar-refractivity contribution in [1.29, 1.82) is 0 Å². The molecule has 0 N–H and O–H groups in total. The van der Waals surface area contributed by atoms with E-state index < -0.39 is 30.3 Å². The molecule has 0 aliphatic rings. The van der Waals surface area contributed by atoms with Gasteiger partial charge < -0.3 is 4.74 Å². The van der Waals surface area contributed by atoms with Crippen LogP contribution in [0.5, 0.6) is 0 Å². The molecule has 136 valence electrons. The van der Waals surface area contributed by atoms with Gasteiger partial charge in [-0.15, -0.1) is 0 Å². The summed E-state index contributed by atoms with van der Waals surface area (Å²) in [5, 5.41) is 0. The van der Waals surface area contributed by atoms with E-state index in [9.17, 15) is 26.3 Å². The quantitative estimate of drug-likeness (QED) is 0.598. The summed E-state index contributed by atoms with van der Waals surface area (Å²) in [5.74, 6) is -1.44. The standard InChI is InChI=1S/C18H16F6O/c1-2-12-3-6-14(7-4-12)18(23,24)25-10-9-13-5-8-15(16(19)11-13)17(20,21)22/h3-8,11H,2,9-10H2,1H3. The molecule has 7 heteroatoms. The summed E-state index contributed by atoms with van der Waals surface area (Å²) in [7, 11) is 0. The van der Waals surface area contributed by atoms with Crippen LogP contribution in [0.2, 0.25) is 0 Å². The summed E-state index contributed by atoms with van der Waals surface area (Å²) in [6.07, 6.45) is -7.75. The lowest BCUT2D eigenvalue weighted by molar-refractivity contribution is -0.248. The van der Waals surface area contributed by atoms with Gasteiger partial charge in [-0.05, 0) is 36.1 Å². The molecule has 0 unspecified atom stereocenters. The summed E-state index contributed by atoms with van der Waals surface area (Å²) in [6.45, 7) is 1.43. The third-order valence-corrected chi connectivity index (χ3v) is 3.71. The minimum absolute atomic E-state index is 0.141. The predicted molar refractivity (Wildman–Crippen MR) is 80.8 cm³/mol. The molecule has 0 saturated carbocycles. The first-order valence-electron chi connectivity index (χ1n) is 7.60. The Hall–Kier alpha value is -2.02. The smallest absolute Gasteiger partial charge is 0.316 e. The molecule has 2 rings (SSSR count). The summed E-state index contributed by atoms with van der Waals surface area (Å²) in [4.78, 5) is 0. The predicted octanol–water partition coefficient (Wildman–Crippen LogP) is 5.72. The number of benzene rings is 2. The van der Waals surface area contributed by atoms with Crippen LogP contribution in [0.1, 0.15) is 29.2 Å². The Morgan fingerprint density at radius 3 is 2.00 bits per heavy atom. The van der Waals surface area contributed by atoms with Gasteiger partial charge >= 0.3 is 12.3 Å². The number of halogens is 6. The van der Waals surface area contributed by atoms with Crippen LogP contribution < -0.4 is 0 Å². The summed E-state index contributed by atoms with van der Waals surface area (Å²) in [5.41, 5.74) is -0.663. The van der Waals surface area contributed by atoms with Crippen LogP contribution in [-0.4, -0.2) is 6.61 Å². The highest BCUT2D eigenvalue weighted by Crippen LogP contribution is 2.32. The van der Waals surface area contributed by atoms with E-state index in [4.69, 9.17) is 0 Å². The van der Waals surface area contributed by atoms with Crippen molar-refractivity contribution in [3.63, 3.8) is 0 Å². The number of alkyl halides is 5. The summed E-state index contributed by atoms with van der Waals surface area (Å²) < 4.78 is 83.3. The Bertz CT molecular complexity index is 706. The Morgan fingerprint density at radius 1 is 0.880 bits per heavy atom. The van der Waals surface area contributed by atoms with E-state index in [1.165, 1.54) is 12.1 Å². The van der Waals surface area contributed by atoms with Gasteiger partial charge in [-0.25, -0.2) is 4.39 Å². The highest BCUT2D eigenvalue weighted by molar-refractivity contribution is 5.27. The zero-order valence-electron chi connectivity index (χ0n) is 13.3. The first kappa shape index (κ1) is 19.3. The largest absolute Gasteiger partial charge is 0.419 e. The van der Waals surface area contributed by atoms with Gasteiger partial charge in [0.1, 0.15) is 5.82 Å². The molecule has 0 amide bonds. The molecule has 0 spiro atoms. The molecule has 25 heavy (non-hydrogen) atoms. The van der Waals surface area contributed by atoms with Gasteiger partial charge in [-0.1, -0.05) is 37.3 Å². The van der Waals surface area contributed by atoms with Gasteiger partial charge in [0.05, 0.1) is 17.7 Å². The van der Waals surface area contributed by atoms with Crippen molar-refractivity contribution in [3.8, 4) is 0 Å². The molecule has 0 atom stereocenters. The summed E-state index contributed by atoms with van der Waals surface area (Å²) in [6, 6.07) is 7.97. The maximum Gasteiger partial charge on any atom is 0.419 e. The Balaban J connectivity index is 1.98. The second-order valence-corrected chi connectivity index (χ2v) is 5.48. The number of ether oxygens (including phenoxy) is 1. The molecular weight excluding hydrogens is 346 g/mol. The van der Waals surface area contributed by atoms with Crippen molar-refractivity contribution in [1.82, 2.24) is 0 Å². The van der Waals surface area contributed by atoms with E-state index in [0.29, 0.717) is 18.6 Å². The highest BCUT2D eigenvalue weighted by Gasteiger charge is 2.34. The van der Waals surface area contributed by atoms with Crippen molar-refractivity contribution in [2.45, 2.75) is 32.1 Å². The molecule has 0 bridgehead atoms. The number of aryl methyl sites for hydroxylation is 1. The van der Waals surface area contributed by atoms with Gasteiger partial charge in [-0.3, -0.25) is 0 Å². The lowest BCUT2D eigenvalue weighted by Crippen LogP contribution is -2.20. The van der Waals surface area contributed by atoms with E-state index in [0.717, 1.165) is 11.6 Å². The molecular formula is C18H16F6O. The molecule has 2 aromatic rings. The maximum absolute atomic E-state index is 13.9. The van der Waals surface area contributed by atoms with Crippen LogP contribution in [0, 0.1) is 5.82 Å². The van der Waals surface area contributed by atoms with Crippen molar-refractivity contribution in [3.05, 3.63) is 70.5 Å². The SMILES string of the molecule is CCc1ccc(C(F)(F)OCCc2ccc(C(F)(F)F)c(F)c2)cc1. The molecule has 1 nitrogen and oxygen atoms in total. The molecule has 0 heterocycles. The average molecular weight is 362 g/mol. The first-order chi connectivity index (χ1) is 11.6. The molecule has 0 aromatic heterocycles. The van der Waals surface area contributed by atoms with Gasteiger partial charge in [0.25, 0.3) is 0 Å². The van der Waals surface area contributed by atoms with Crippen molar-refractivity contribution >= 4 is 0 Å². The lowest BCUT2D eigenvalue weighted by atomic mass is 10.1. The Labute approximate surface area is 141 Å². The Morgan fingerprint density at radius 2 is 1.48 bits per heavy atom. The second kappa shape index (κ2) is 7.47. The van der Waals surface area contributed by atoms with E-state index in [2.05, 4.69) is 4.74 Å². The van der Waals surface area contributed by atoms with Gasteiger partial charge in [0.2, 0.25) is 0 Å². The zero-order valence-corrected chi connectivity index (χ0v) is 13.3. The third-order valence-electron chi connectivity index (χ3n) is 3.71. The zero-order chi connectivity index (χ0) is 18.7. The molecule has 0 aliphatic heterocycles. The normalized spacial score (nSPS) is 12.4. The lowest BCUT2D eigenvalue weighted by Gasteiger charge is -2.17. The molecule has 0 radical (unpaired) electrons.